The van der Waals surface area contributed by atoms with Crippen LogP contribution in [0.4, 0.5) is 16.3 Å². The molecule has 0 atom stereocenters. The van der Waals surface area contributed by atoms with Gasteiger partial charge < -0.3 is 20.3 Å². The summed E-state index contributed by atoms with van der Waals surface area (Å²) < 4.78 is 7.08. The molecule has 3 aromatic rings. The van der Waals surface area contributed by atoms with Crippen LogP contribution in [-0.2, 0) is 10.2 Å². The minimum absolute atomic E-state index is 0.108. The van der Waals surface area contributed by atoms with Crippen LogP contribution in [0.5, 0.6) is 5.75 Å². The lowest BCUT2D eigenvalue weighted by molar-refractivity contribution is -0.116. The summed E-state index contributed by atoms with van der Waals surface area (Å²) in [5, 5.41) is 10.6. The van der Waals surface area contributed by atoms with Gasteiger partial charge in [-0.1, -0.05) is 58.9 Å². The average molecular weight is 492 g/mol. The SMILES string of the molecule is COc1ccccc1NC(=O)N(CC(=O)Nc1cc(C(C)(C)C)nn1-c1cccc(C)c1)CC(C)C. The molecule has 1 aromatic heterocycles. The smallest absolute Gasteiger partial charge is 0.322 e. The van der Waals surface area contributed by atoms with Crippen molar-refractivity contribution in [3.8, 4) is 11.4 Å². The van der Waals surface area contributed by atoms with E-state index in [1.807, 2.05) is 63.2 Å². The number of nitrogens with one attached hydrogen (secondary N) is 2. The van der Waals surface area contributed by atoms with Crippen LogP contribution in [0.3, 0.4) is 0 Å². The molecule has 0 aliphatic heterocycles. The summed E-state index contributed by atoms with van der Waals surface area (Å²) in [5.41, 5.74) is 3.15. The van der Waals surface area contributed by atoms with Gasteiger partial charge in [0.25, 0.3) is 0 Å². The predicted octanol–water partition coefficient (Wildman–Crippen LogP) is 5.62. The molecule has 0 bridgehead atoms. The highest BCUT2D eigenvalue weighted by Crippen LogP contribution is 2.27. The molecule has 2 N–H and O–H groups in total. The summed E-state index contributed by atoms with van der Waals surface area (Å²) in [7, 11) is 1.55. The Hall–Kier alpha value is -3.81. The van der Waals surface area contributed by atoms with Gasteiger partial charge in [0.2, 0.25) is 5.91 Å². The maximum Gasteiger partial charge on any atom is 0.322 e. The van der Waals surface area contributed by atoms with Gasteiger partial charge in [-0.2, -0.15) is 5.10 Å². The summed E-state index contributed by atoms with van der Waals surface area (Å²) >= 11 is 0. The number of urea groups is 1. The first-order valence-corrected chi connectivity index (χ1v) is 12.1. The quantitative estimate of drug-likeness (QED) is 0.428. The van der Waals surface area contributed by atoms with Gasteiger partial charge in [0.1, 0.15) is 18.1 Å². The predicted molar refractivity (Wildman–Crippen MR) is 144 cm³/mol. The van der Waals surface area contributed by atoms with E-state index < -0.39 is 0 Å². The molecule has 0 aliphatic carbocycles. The highest BCUT2D eigenvalue weighted by molar-refractivity contribution is 5.97. The maximum absolute atomic E-state index is 13.2. The number of anilines is 2. The van der Waals surface area contributed by atoms with Crippen LogP contribution in [0.1, 0.15) is 45.9 Å². The van der Waals surface area contributed by atoms with Crippen molar-refractivity contribution in [1.29, 1.82) is 0 Å². The van der Waals surface area contributed by atoms with Gasteiger partial charge in [0.15, 0.2) is 0 Å². The van der Waals surface area contributed by atoms with E-state index in [-0.39, 0.29) is 29.8 Å². The van der Waals surface area contributed by atoms with Gasteiger partial charge in [-0.3, -0.25) is 4.79 Å². The van der Waals surface area contributed by atoms with E-state index in [4.69, 9.17) is 9.84 Å². The summed E-state index contributed by atoms with van der Waals surface area (Å²) in [5.74, 6) is 0.980. The molecule has 0 unspecified atom stereocenters. The number of carbonyl (C=O) groups is 2. The van der Waals surface area contributed by atoms with E-state index in [1.165, 1.54) is 4.90 Å². The highest BCUT2D eigenvalue weighted by Gasteiger charge is 2.24. The van der Waals surface area contributed by atoms with Crippen LogP contribution < -0.4 is 15.4 Å². The summed E-state index contributed by atoms with van der Waals surface area (Å²) in [6, 6.07) is 16.6. The molecule has 3 rings (SSSR count). The van der Waals surface area contributed by atoms with Crippen molar-refractivity contribution in [3.63, 3.8) is 0 Å². The molecule has 192 valence electrons. The molecule has 0 saturated heterocycles. The van der Waals surface area contributed by atoms with Gasteiger partial charge in [-0.05, 0) is 42.7 Å². The van der Waals surface area contributed by atoms with Crippen molar-refractivity contribution in [2.75, 3.05) is 30.8 Å². The number of aryl methyl sites for hydroxylation is 1. The second-order valence-corrected chi connectivity index (χ2v) is 10.4. The molecule has 3 amide bonds. The third-order valence-corrected chi connectivity index (χ3v) is 5.55. The van der Waals surface area contributed by atoms with Crippen LogP contribution >= 0.6 is 0 Å². The minimum Gasteiger partial charge on any atom is -0.495 e. The zero-order valence-electron chi connectivity index (χ0n) is 22.3. The molecule has 0 radical (unpaired) electrons. The molecule has 36 heavy (non-hydrogen) atoms. The third-order valence-electron chi connectivity index (χ3n) is 5.55. The van der Waals surface area contributed by atoms with Crippen LogP contribution in [0.15, 0.2) is 54.6 Å². The fourth-order valence-electron chi connectivity index (χ4n) is 3.75. The fourth-order valence-corrected chi connectivity index (χ4v) is 3.75. The number of nitrogens with zero attached hydrogens (tertiary/aromatic N) is 3. The lowest BCUT2D eigenvalue weighted by Crippen LogP contribution is -2.42. The van der Waals surface area contributed by atoms with Crippen LogP contribution in [-0.4, -0.2) is 46.8 Å². The normalized spacial score (nSPS) is 11.3. The largest absolute Gasteiger partial charge is 0.495 e. The summed E-state index contributed by atoms with van der Waals surface area (Å²) in [6.07, 6.45) is 0. The monoisotopic (exact) mass is 491 g/mol. The number of methoxy groups -OCH3 is 1. The molecular formula is C28H37N5O3. The zero-order valence-corrected chi connectivity index (χ0v) is 22.3. The Labute approximate surface area is 213 Å². The second kappa shape index (κ2) is 11.3. The first kappa shape index (κ1) is 26.8. The number of aromatic nitrogens is 2. The number of ether oxygens (including phenoxy) is 1. The zero-order chi connectivity index (χ0) is 26.5. The van der Waals surface area contributed by atoms with E-state index in [2.05, 4.69) is 31.4 Å². The minimum atomic E-state index is -0.370. The number of amides is 3. The molecule has 1 heterocycles. The average Bonchev–Trinajstić information content (AvgIpc) is 3.23. The number of carbonyl (C=O) groups excluding carboxylic acids is 2. The van der Waals surface area contributed by atoms with E-state index in [9.17, 15) is 9.59 Å². The molecular weight excluding hydrogens is 454 g/mol. The molecule has 0 fully saturated rings. The van der Waals surface area contributed by atoms with Crippen molar-refractivity contribution in [2.45, 2.75) is 47.0 Å². The molecule has 0 saturated carbocycles. The van der Waals surface area contributed by atoms with Gasteiger partial charge in [-0.15, -0.1) is 0 Å². The first-order valence-electron chi connectivity index (χ1n) is 12.1. The van der Waals surface area contributed by atoms with Crippen molar-refractivity contribution < 1.29 is 14.3 Å². The van der Waals surface area contributed by atoms with Crippen molar-refractivity contribution in [2.24, 2.45) is 5.92 Å². The van der Waals surface area contributed by atoms with Crippen molar-refractivity contribution in [1.82, 2.24) is 14.7 Å². The van der Waals surface area contributed by atoms with Crippen LogP contribution in [0, 0.1) is 12.8 Å². The number of benzene rings is 2. The van der Waals surface area contributed by atoms with Crippen molar-refractivity contribution >= 4 is 23.4 Å². The molecule has 0 aliphatic rings. The summed E-state index contributed by atoms with van der Waals surface area (Å²) in [4.78, 5) is 27.8. The van der Waals surface area contributed by atoms with Gasteiger partial charge in [0, 0.05) is 18.0 Å². The highest BCUT2D eigenvalue weighted by atomic mass is 16.5. The van der Waals surface area contributed by atoms with E-state index in [0.717, 1.165) is 16.9 Å². The lowest BCUT2D eigenvalue weighted by Gasteiger charge is -2.25. The third kappa shape index (κ3) is 6.87. The van der Waals surface area contributed by atoms with Gasteiger partial charge >= 0.3 is 6.03 Å². The topological polar surface area (TPSA) is 88.5 Å². The van der Waals surface area contributed by atoms with Gasteiger partial charge in [-0.25, -0.2) is 9.48 Å². The van der Waals surface area contributed by atoms with Crippen LogP contribution in [0.25, 0.3) is 5.69 Å². The first-order chi connectivity index (χ1) is 17.0. The Morgan fingerprint density at radius 1 is 1.06 bits per heavy atom. The molecule has 0 spiro atoms. The Morgan fingerprint density at radius 2 is 1.78 bits per heavy atom. The van der Waals surface area contributed by atoms with E-state index >= 15 is 0 Å². The summed E-state index contributed by atoms with van der Waals surface area (Å²) in [6.45, 7) is 12.6. The Balaban J connectivity index is 1.83. The van der Waals surface area contributed by atoms with Gasteiger partial charge in [0.05, 0.1) is 24.2 Å². The second-order valence-electron chi connectivity index (χ2n) is 10.4. The number of hydrogen-bond donors (Lipinski definition) is 2. The number of hydrogen-bond acceptors (Lipinski definition) is 4. The Kier molecular flexibility index (Phi) is 8.40. The Morgan fingerprint density at radius 3 is 2.42 bits per heavy atom. The Bertz CT molecular complexity index is 1210. The van der Waals surface area contributed by atoms with E-state index in [0.29, 0.717) is 23.8 Å². The van der Waals surface area contributed by atoms with E-state index in [1.54, 1.807) is 23.9 Å². The molecule has 8 heteroatoms. The maximum atomic E-state index is 13.2. The standard InChI is InChI=1S/C28H37N5O3/c1-19(2)17-32(27(35)29-22-13-8-9-14-23(22)36-7)18-26(34)30-25-16-24(28(4,5)6)31-33(25)21-12-10-11-20(3)15-21/h8-16,19H,17-18H2,1-7H3,(H,29,35)(H,30,34). The molecule has 8 nitrogen and oxygen atoms in total. The molecule has 2 aromatic carbocycles. The van der Waals surface area contributed by atoms with Crippen molar-refractivity contribution in [3.05, 3.63) is 65.9 Å². The number of para-hydroxylation sites is 2. The van der Waals surface area contributed by atoms with Crippen LogP contribution in [0.2, 0.25) is 0 Å². The fraction of sp³-hybridized carbons (Fsp3) is 0.393. The lowest BCUT2D eigenvalue weighted by atomic mass is 9.92. The number of rotatable bonds is 8.